The molecule has 2 aliphatic heterocycles. The molecule has 124 valence electrons. The molecular formula is C12H26N4O5. The third kappa shape index (κ3) is 15.0. The average molecular weight is 306 g/mol. The highest BCUT2D eigenvalue weighted by atomic mass is 16.4. The summed E-state index contributed by atoms with van der Waals surface area (Å²) in [5.74, 6) is -2.85. The molecule has 0 aromatic carbocycles. The van der Waals surface area contributed by atoms with Gasteiger partial charge in [-0.2, -0.15) is 0 Å². The molecule has 0 spiro atoms. The van der Waals surface area contributed by atoms with Crippen LogP contribution in [0.3, 0.4) is 0 Å². The van der Waals surface area contributed by atoms with Crippen LogP contribution in [0.4, 0.5) is 0 Å². The van der Waals surface area contributed by atoms with Gasteiger partial charge >= 0.3 is 11.9 Å². The molecule has 0 saturated carbocycles. The van der Waals surface area contributed by atoms with Gasteiger partial charge in [-0.05, 0) is 0 Å². The van der Waals surface area contributed by atoms with Gasteiger partial charge in [0, 0.05) is 52.4 Å². The fraction of sp³-hybridized carbons (Fsp3) is 0.833. The maximum absolute atomic E-state index is 9.72. The maximum Gasteiger partial charge on any atom is 0.333 e. The van der Waals surface area contributed by atoms with Crippen molar-refractivity contribution in [3.05, 3.63) is 0 Å². The summed E-state index contributed by atoms with van der Waals surface area (Å²) in [6.07, 6.45) is -2.54. The van der Waals surface area contributed by atoms with Crippen LogP contribution >= 0.6 is 0 Å². The van der Waals surface area contributed by atoms with E-state index in [9.17, 15) is 9.59 Å². The van der Waals surface area contributed by atoms with Crippen LogP contribution in [0, 0.1) is 0 Å². The van der Waals surface area contributed by atoms with Gasteiger partial charge in [-0.15, -0.1) is 0 Å². The van der Waals surface area contributed by atoms with E-state index >= 15 is 0 Å². The second-order valence-electron chi connectivity index (χ2n) is 4.45. The number of hydrogen-bond donors (Lipinski definition) is 7. The molecule has 9 heteroatoms. The highest BCUT2D eigenvalue weighted by Gasteiger charge is 2.16. The van der Waals surface area contributed by atoms with Crippen molar-refractivity contribution in [3.63, 3.8) is 0 Å². The molecule has 9 nitrogen and oxygen atoms in total. The van der Waals surface area contributed by atoms with Crippen molar-refractivity contribution < 1.29 is 24.9 Å². The van der Waals surface area contributed by atoms with E-state index in [-0.39, 0.29) is 0 Å². The second-order valence-corrected chi connectivity index (χ2v) is 4.45. The molecular weight excluding hydrogens is 280 g/mol. The highest BCUT2D eigenvalue weighted by molar-refractivity contribution is 5.79. The minimum atomic E-state index is -1.79. The smallest absolute Gasteiger partial charge is 0.333 e. The number of hydrogen-bond acceptors (Lipinski definition) is 7. The van der Waals surface area contributed by atoms with E-state index in [1.165, 1.54) is 0 Å². The summed E-state index contributed by atoms with van der Waals surface area (Å²) < 4.78 is 0. The Bertz CT molecular complexity index is 248. The molecule has 7 N–H and O–H groups in total. The van der Waals surface area contributed by atoms with E-state index in [1.54, 1.807) is 0 Å². The topological polar surface area (TPSA) is 143 Å². The molecule has 2 saturated heterocycles. The SMILES string of the molecule is C1CNCCN1.C1CNCCN1.O=C(O)CC(O)C(=O)O. The number of nitrogens with one attached hydrogen (secondary N) is 4. The molecule has 0 bridgehead atoms. The van der Waals surface area contributed by atoms with Gasteiger partial charge in [-0.25, -0.2) is 4.79 Å². The molecule has 2 fully saturated rings. The summed E-state index contributed by atoms with van der Waals surface area (Å²) in [5.41, 5.74) is 0. The lowest BCUT2D eigenvalue weighted by Gasteiger charge is -2.11. The zero-order valence-corrected chi connectivity index (χ0v) is 12.1. The Balaban J connectivity index is 0.000000293. The summed E-state index contributed by atoms with van der Waals surface area (Å²) in [7, 11) is 0. The molecule has 0 amide bonds. The number of aliphatic carboxylic acids is 2. The molecule has 21 heavy (non-hydrogen) atoms. The summed E-state index contributed by atoms with van der Waals surface area (Å²) in [4.78, 5) is 19.4. The highest BCUT2D eigenvalue weighted by Crippen LogP contribution is 1.89. The van der Waals surface area contributed by atoms with Crippen LogP contribution in [0.2, 0.25) is 0 Å². The standard InChI is InChI=1S/2C4H10N2.C4H6O5/c2*1-2-6-4-3-5-1;5-2(4(8)9)1-3(6)7/h2*5-6H,1-4H2;2,5H,1H2,(H,6,7)(H,8,9). The number of carbonyl (C=O) groups is 2. The molecule has 0 aromatic rings. The van der Waals surface area contributed by atoms with Gasteiger partial charge in [-0.1, -0.05) is 0 Å². The fourth-order valence-corrected chi connectivity index (χ4v) is 1.46. The third-order valence-corrected chi connectivity index (χ3v) is 2.57. The number of piperazine rings is 2. The van der Waals surface area contributed by atoms with Crippen LogP contribution < -0.4 is 21.3 Å². The van der Waals surface area contributed by atoms with Gasteiger partial charge < -0.3 is 36.6 Å². The molecule has 0 radical (unpaired) electrons. The monoisotopic (exact) mass is 306 g/mol. The van der Waals surface area contributed by atoms with Crippen LogP contribution in [0.5, 0.6) is 0 Å². The van der Waals surface area contributed by atoms with E-state index in [2.05, 4.69) is 21.3 Å². The van der Waals surface area contributed by atoms with Crippen molar-refractivity contribution in [2.75, 3.05) is 52.4 Å². The fourth-order valence-electron chi connectivity index (χ4n) is 1.46. The minimum absolute atomic E-state index is 0.755. The van der Waals surface area contributed by atoms with Gasteiger partial charge in [0.2, 0.25) is 0 Å². The first-order valence-electron chi connectivity index (χ1n) is 6.99. The molecule has 0 aromatic heterocycles. The summed E-state index contributed by atoms with van der Waals surface area (Å²) in [6.45, 7) is 9.11. The van der Waals surface area contributed by atoms with Gasteiger partial charge in [0.05, 0.1) is 6.42 Å². The molecule has 1 unspecified atom stereocenters. The quantitative estimate of drug-likeness (QED) is 0.295. The Kier molecular flexibility index (Phi) is 12.9. The molecule has 2 heterocycles. The van der Waals surface area contributed by atoms with Crippen molar-refractivity contribution in [1.29, 1.82) is 0 Å². The van der Waals surface area contributed by atoms with Crippen LogP contribution in [-0.4, -0.2) is 85.7 Å². The molecule has 2 rings (SSSR count). The minimum Gasteiger partial charge on any atom is -0.481 e. The largest absolute Gasteiger partial charge is 0.481 e. The molecule has 0 aliphatic carbocycles. The predicted octanol–water partition coefficient (Wildman–Crippen LogP) is -2.73. The third-order valence-electron chi connectivity index (χ3n) is 2.57. The number of carboxylic acids is 2. The first-order chi connectivity index (χ1) is 10.0. The van der Waals surface area contributed by atoms with Crippen molar-refractivity contribution in [2.24, 2.45) is 0 Å². The average Bonchev–Trinajstić information content (AvgIpc) is 2.51. The van der Waals surface area contributed by atoms with Crippen molar-refractivity contribution in [1.82, 2.24) is 21.3 Å². The number of rotatable bonds is 3. The Morgan fingerprint density at radius 3 is 1.14 bits per heavy atom. The zero-order valence-electron chi connectivity index (χ0n) is 12.1. The van der Waals surface area contributed by atoms with E-state index in [1.807, 2.05) is 0 Å². The lowest BCUT2D eigenvalue weighted by atomic mass is 10.3. The van der Waals surface area contributed by atoms with Gasteiger partial charge in [0.1, 0.15) is 0 Å². The van der Waals surface area contributed by atoms with Crippen molar-refractivity contribution in [2.45, 2.75) is 12.5 Å². The number of aliphatic hydroxyl groups excluding tert-OH is 1. The summed E-state index contributed by atoms with van der Waals surface area (Å²) >= 11 is 0. The van der Waals surface area contributed by atoms with E-state index in [4.69, 9.17) is 15.3 Å². The van der Waals surface area contributed by atoms with Gasteiger partial charge in [0.25, 0.3) is 0 Å². The molecule has 1 atom stereocenters. The number of aliphatic hydroxyl groups is 1. The van der Waals surface area contributed by atoms with Gasteiger partial charge in [-0.3, -0.25) is 4.79 Å². The van der Waals surface area contributed by atoms with Crippen LogP contribution in [0.25, 0.3) is 0 Å². The van der Waals surface area contributed by atoms with Gasteiger partial charge in [0.15, 0.2) is 6.10 Å². The summed E-state index contributed by atoms with van der Waals surface area (Å²) in [6, 6.07) is 0. The van der Waals surface area contributed by atoms with Crippen LogP contribution in [0.1, 0.15) is 6.42 Å². The van der Waals surface area contributed by atoms with Crippen molar-refractivity contribution >= 4 is 11.9 Å². The first-order valence-corrected chi connectivity index (χ1v) is 6.99. The number of carboxylic acid groups (broad SMARTS) is 2. The summed E-state index contributed by atoms with van der Waals surface area (Å²) in [5, 5.41) is 37.0. The van der Waals surface area contributed by atoms with E-state index in [0.717, 1.165) is 52.4 Å². The molecule has 2 aliphatic rings. The van der Waals surface area contributed by atoms with Crippen LogP contribution in [0.15, 0.2) is 0 Å². The predicted molar refractivity (Wildman–Crippen MR) is 77.4 cm³/mol. The van der Waals surface area contributed by atoms with E-state index in [0.29, 0.717) is 0 Å². The van der Waals surface area contributed by atoms with Crippen LogP contribution in [-0.2, 0) is 9.59 Å². The van der Waals surface area contributed by atoms with E-state index < -0.39 is 24.5 Å². The Hall–Kier alpha value is -1.26. The lowest BCUT2D eigenvalue weighted by molar-refractivity contribution is -0.152. The Labute approximate surface area is 124 Å². The second kappa shape index (κ2) is 13.7. The lowest BCUT2D eigenvalue weighted by Crippen LogP contribution is -2.39. The first kappa shape index (κ1) is 19.7. The van der Waals surface area contributed by atoms with Crippen molar-refractivity contribution in [3.8, 4) is 0 Å². The Morgan fingerprint density at radius 2 is 1.05 bits per heavy atom. The Morgan fingerprint density at radius 1 is 0.762 bits per heavy atom. The maximum atomic E-state index is 9.72. The zero-order chi connectivity index (χ0) is 15.9. The normalized spacial score (nSPS) is 19.1.